The van der Waals surface area contributed by atoms with Gasteiger partial charge in [0.25, 0.3) is 0 Å². The van der Waals surface area contributed by atoms with Crippen molar-refractivity contribution in [3.63, 3.8) is 0 Å². The first-order valence-electron chi connectivity index (χ1n) is 6.55. The number of carbonyl (C=O) groups is 1. The molecule has 0 unspecified atom stereocenters. The van der Waals surface area contributed by atoms with Crippen LogP contribution in [0.15, 0.2) is 18.2 Å². The largest absolute Gasteiger partial charge is 0.490 e. The lowest BCUT2D eigenvalue weighted by Gasteiger charge is -2.10. The van der Waals surface area contributed by atoms with E-state index in [-0.39, 0.29) is 5.91 Å². The fraction of sp³-hybridized carbons (Fsp3) is 0.500. The number of nitrogens with one attached hydrogen (secondary N) is 1. The zero-order valence-electron chi connectivity index (χ0n) is 11.9. The molecule has 7 heteroatoms. The van der Waals surface area contributed by atoms with Crippen molar-refractivity contribution in [3.8, 4) is 5.75 Å². The summed E-state index contributed by atoms with van der Waals surface area (Å²) in [5, 5.41) is 3.54. The summed E-state index contributed by atoms with van der Waals surface area (Å²) in [6.07, 6.45) is 0.307. The second-order valence-corrected chi connectivity index (χ2v) is 4.89. The van der Waals surface area contributed by atoms with Gasteiger partial charge in [0.05, 0.1) is 31.4 Å². The standard InChI is InChI=1S/C14H19Cl2NO4/c1-19-9-10-20-7-5-13(18)17-6-8-21-12-4-2-3-11(15)14(12)16/h2-4H,5-10H2,1H3,(H,17,18). The molecule has 0 atom stereocenters. The van der Waals surface area contributed by atoms with Crippen LogP contribution in [0.1, 0.15) is 6.42 Å². The van der Waals surface area contributed by atoms with E-state index in [0.717, 1.165) is 0 Å². The maximum atomic E-state index is 11.5. The van der Waals surface area contributed by atoms with Crippen LogP contribution >= 0.6 is 23.2 Å². The Balaban J connectivity index is 2.10. The molecule has 0 bridgehead atoms. The van der Waals surface area contributed by atoms with Crippen molar-refractivity contribution in [2.24, 2.45) is 0 Å². The second-order valence-electron chi connectivity index (χ2n) is 4.11. The van der Waals surface area contributed by atoms with E-state index in [9.17, 15) is 4.79 Å². The van der Waals surface area contributed by atoms with Crippen molar-refractivity contribution in [1.82, 2.24) is 5.32 Å². The van der Waals surface area contributed by atoms with E-state index in [1.54, 1.807) is 25.3 Å². The van der Waals surface area contributed by atoms with Crippen molar-refractivity contribution in [2.75, 3.05) is 40.1 Å². The molecule has 1 N–H and O–H groups in total. The third-order valence-corrected chi connectivity index (χ3v) is 3.30. The van der Waals surface area contributed by atoms with Gasteiger partial charge in [0.1, 0.15) is 17.4 Å². The summed E-state index contributed by atoms with van der Waals surface area (Å²) in [4.78, 5) is 11.5. The molecule has 5 nitrogen and oxygen atoms in total. The van der Waals surface area contributed by atoms with Crippen molar-refractivity contribution in [2.45, 2.75) is 6.42 Å². The van der Waals surface area contributed by atoms with E-state index in [0.29, 0.717) is 55.2 Å². The summed E-state index contributed by atoms with van der Waals surface area (Å²) < 4.78 is 15.5. The van der Waals surface area contributed by atoms with Gasteiger partial charge in [-0.2, -0.15) is 0 Å². The Bertz CT molecular complexity index is 443. The maximum Gasteiger partial charge on any atom is 0.222 e. The van der Waals surface area contributed by atoms with Gasteiger partial charge in [0.2, 0.25) is 5.91 Å². The van der Waals surface area contributed by atoms with Crippen molar-refractivity contribution in [3.05, 3.63) is 28.2 Å². The molecule has 0 aromatic heterocycles. The van der Waals surface area contributed by atoms with Gasteiger partial charge in [-0.05, 0) is 12.1 Å². The molecule has 0 heterocycles. The SMILES string of the molecule is COCCOCCC(=O)NCCOc1cccc(Cl)c1Cl. The number of hydrogen-bond donors (Lipinski definition) is 1. The minimum absolute atomic E-state index is 0.0896. The Kier molecular flexibility index (Phi) is 9.17. The molecule has 0 aliphatic rings. The first-order valence-corrected chi connectivity index (χ1v) is 7.31. The minimum Gasteiger partial charge on any atom is -0.490 e. The van der Waals surface area contributed by atoms with Crippen LogP contribution in [0.25, 0.3) is 0 Å². The minimum atomic E-state index is -0.0896. The van der Waals surface area contributed by atoms with E-state index in [4.69, 9.17) is 37.4 Å². The van der Waals surface area contributed by atoms with Crippen LogP contribution in [-0.2, 0) is 14.3 Å². The van der Waals surface area contributed by atoms with Crippen LogP contribution in [0.3, 0.4) is 0 Å². The molecule has 21 heavy (non-hydrogen) atoms. The highest BCUT2D eigenvalue weighted by molar-refractivity contribution is 6.42. The lowest BCUT2D eigenvalue weighted by Crippen LogP contribution is -2.29. The first kappa shape index (κ1) is 18.0. The Morgan fingerprint density at radius 2 is 2.00 bits per heavy atom. The number of rotatable bonds is 10. The molecule has 0 spiro atoms. The number of carbonyl (C=O) groups excluding carboxylic acids is 1. The number of benzene rings is 1. The molecule has 0 aliphatic carbocycles. The normalized spacial score (nSPS) is 10.4. The molecule has 0 saturated heterocycles. The number of halogens is 2. The van der Waals surface area contributed by atoms with Gasteiger partial charge >= 0.3 is 0 Å². The number of amides is 1. The molecule has 118 valence electrons. The summed E-state index contributed by atoms with van der Waals surface area (Å²) in [5.74, 6) is 0.412. The smallest absolute Gasteiger partial charge is 0.222 e. The van der Waals surface area contributed by atoms with Crippen LogP contribution in [0, 0.1) is 0 Å². The predicted molar refractivity (Wildman–Crippen MR) is 82.3 cm³/mol. The zero-order chi connectivity index (χ0) is 15.5. The molecule has 0 radical (unpaired) electrons. The second kappa shape index (κ2) is 10.7. The highest BCUT2D eigenvalue weighted by atomic mass is 35.5. The zero-order valence-corrected chi connectivity index (χ0v) is 13.4. The van der Waals surface area contributed by atoms with E-state index in [2.05, 4.69) is 5.32 Å². The van der Waals surface area contributed by atoms with Crippen LogP contribution in [0.2, 0.25) is 10.0 Å². The third kappa shape index (κ3) is 7.52. The molecule has 1 aromatic rings. The molecule has 0 aliphatic heterocycles. The predicted octanol–water partition coefficient (Wildman–Crippen LogP) is 2.54. The van der Waals surface area contributed by atoms with Gasteiger partial charge in [0, 0.05) is 13.5 Å². The lowest BCUT2D eigenvalue weighted by molar-refractivity contribution is -0.122. The summed E-state index contributed by atoms with van der Waals surface area (Å²) >= 11 is 11.8. The van der Waals surface area contributed by atoms with Gasteiger partial charge in [0.15, 0.2) is 0 Å². The van der Waals surface area contributed by atoms with Gasteiger partial charge in [-0.25, -0.2) is 0 Å². The highest BCUT2D eigenvalue weighted by Crippen LogP contribution is 2.31. The summed E-state index contributed by atoms with van der Waals surface area (Å²) in [6, 6.07) is 5.15. The monoisotopic (exact) mass is 335 g/mol. The van der Waals surface area contributed by atoms with Crippen LogP contribution < -0.4 is 10.1 Å². The third-order valence-electron chi connectivity index (χ3n) is 2.50. The average Bonchev–Trinajstić information content (AvgIpc) is 2.47. The quantitative estimate of drug-likeness (QED) is 0.667. The van der Waals surface area contributed by atoms with E-state index < -0.39 is 0 Å². The van der Waals surface area contributed by atoms with Crippen LogP contribution in [0.5, 0.6) is 5.75 Å². The van der Waals surface area contributed by atoms with Crippen molar-refractivity contribution < 1.29 is 19.0 Å². The topological polar surface area (TPSA) is 56.8 Å². The highest BCUT2D eigenvalue weighted by Gasteiger charge is 2.05. The molecular weight excluding hydrogens is 317 g/mol. The van der Waals surface area contributed by atoms with Gasteiger partial charge in [-0.3, -0.25) is 4.79 Å². The van der Waals surface area contributed by atoms with Crippen molar-refractivity contribution >= 4 is 29.1 Å². The van der Waals surface area contributed by atoms with Crippen LogP contribution in [0.4, 0.5) is 0 Å². The van der Waals surface area contributed by atoms with Crippen LogP contribution in [-0.4, -0.2) is 46.0 Å². The summed E-state index contributed by atoms with van der Waals surface area (Å²) in [6.45, 7) is 2.09. The first-order chi connectivity index (χ1) is 10.1. The number of hydrogen-bond acceptors (Lipinski definition) is 4. The fourth-order valence-electron chi connectivity index (χ4n) is 1.44. The molecule has 1 rings (SSSR count). The number of methoxy groups -OCH3 is 1. The van der Waals surface area contributed by atoms with Crippen molar-refractivity contribution in [1.29, 1.82) is 0 Å². The van der Waals surface area contributed by atoms with Gasteiger partial charge < -0.3 is 19.5 Å². The Hall–Kier alpha value is -1.01. The number of ether oxygens (including phenoxy) is 3. The van der Waals surface area contributed by atoms with E-state index >= 15 is 0 Å². The Labute approximate surface area is 134 Å². The summed E-state index contributed by atoms with van der Waals surface area (Å²) in [5.41, 5.74) is 0. The van der Waals surface area contributed by atoms with Gasteiger partial charge in [-0.15, -0.1) is 0 Å². The lowest BCUT2D eigenvalue weighted by atomic mass is 10.3. The molecule has 1 aromatic carbocycles. The Morgan fingerprint density at radius 1 is 1.19 bits per heavy atom. The molecular formula is C14H19Cl2NO4. The summed E-state index contributed by atoms with van der Waals surface area (Å²) in [7, 11) is 1.60. The van der Waals surface area contributed by atoms with E-state index in [1.807, 2.05) is 0 Å². The molecule has 0 saturated carbocycles. The fourth-order valence-corrected chi connectivity index (χ4v) is 1.79. The van der Waals surface area contributed by atoms with Gasteiger partial charge in [-0.1, -0.05) is 29.3 Å². The Morgan fingerprint density at radius 3 is 2.76 bits per heavy atom. The molecule has 0 fully saturated rings. The maximum absolute atomic E-state index is 11.5. The average molecular weight is 336 g/mol. The van der Waals surface area contributed by atoms with E-state index in [1.165, 1.54) is 0 Å². The molecule has 1 amide bonds.